The van der Waals surface area contributed by atoms with Crippen LogP contribution in [-0.4, -0.2) is 59.1 Å². The third kappa shape index (κ3) is 10.5. The summed E-state index contributed by atoms with van der Waals surface area (Å²) in [5.41, 5.74) is 0.628. The van der Waals surface area contributed by atoms with Crippen LogP contribution in [0.5, 0.6) is 5.75 Å². The predicted octanol–water partition coefficient (Wildman–Crippen LogP) is 2.09. The Kier molecular flexibility index (Phi) is 11.5. The fraction of sp³-hybridized carbons (Fsp3) is 0.471. The number of rotatable bonds is 15. The molecular weight excluding hydrogens is 300 g/mol. The average molecular weight is 324 g/mol. The molecule has 0 saturated heterocycles. The van der Waals surface area contributed by atoms with Gasteiger partial charge in [-0.2, -0.15) is 0 Å². The molecular formula is C17H24O6. The number of carbonyl (C=O) groups excluding carboxylic acids is 1. The largest absolute Gasteiger partial charge is 0.499 e. The molecule has 0 heterocycles. The van der Waals surface area contributed by atoms with E-state index >= 15 is 0 Å². The third-order valence-electron chi connectivity index (χ3n) is 2.72. The Morgan fingerprint density at radius 1 is 0.783 bits per heavy atom. The molecule has 23 heavy (non-hydrogen) atoms. The summed E-state index contributed by atoms with van der Waals surface area (Å²) in [5, 5.41) is 0. The van der Waals surface area contributed by atoms with E-state index in [1.807, 2.05) is 0 Å². The molecule has 0 radical (unpaired) electrons. The van der Waals surface area contributed by atoms with Crippen LogP contribution in [0.4, 0.5) is 0 Å². The lowest BCUT2D eigenvalue weighted by Gasteiger charge is -2.08. The van der Waals surface area contributed by atoms with Gasteiger partial charge in [-0.1, -0.05) is 6.58 Å². The van der Waals surface area contributed by atoms with Gasteiger partial charge in [0.25, 0.3) is 0 Å². The minimum atomic E-state index is 0.451. The molecule has 0 spiro atoms. The molecule has 0 fully saturated rings. The second-order valence-corrected chi connectivity index (χ2v) is 4.41. The Balaban J connectivity index is 1.84. The SMILES string of the molecule is C=COCCOCCOCCOCCOc1ccc(C=O)cc1. The summed E-state index contributed by atoms with van der Waals surface area (Å²) in [7, 11) is 0. The van der Waals surface area contributed by atoms with Gasteiger partial charge in [-0.15, -0.1) is 0 Å². The fourth-order valence-electron chi connectivity index (χ4n) is 1.59. The van der Waals surface area contributed by atoms with Crippen molar-refractivity contribution < 1.29 is 28.5 Å². The first kappa shape index (κ1) is 19.2. The molecule has 0 aliphatic rings. The smallest absolute Gasteiger partial charge is 0.150 e. The third-order valence-corrected chi connectivity index (χ3v) is 2.72. The fourth-order valence-corrected chi connectivity index (χ4v) is 1.59. The highest BCUT2D eigenvalue weighted by atomic mass is 16.6. The predicted molar refractivity (Wildman–Crippen MR) is 85.9 cm³/mol. The lowest BCUT2D eigenvalue weighted by atomic mass is 10.2. The molecule has 1 rings (SSSR count). The molecule has 0 unspecified atom stereocenters. The van der Waals surface area contributed by atoms with Gasteiger partial charge < -0.3 is 23.7 Å². The van der Waals surface area contributed by atoms with E-state index in [-0.39, 0.29) is 0 Å². The molecule has 0 aliphatic carbocycles. The minimum absolute atomic E-state index is 0.451. The molecule has 0 atom stereocenters. The molecule has 1 aromatic carbocycles. The van der Waals surface area contributed by atoms with Crippen molar-refractivity contribution in [3.05, 3.63) is 42.7 Å². The van der Waals surface area contributed by atoms with Crippen LogP contribution in [0.15, 0.2) is 37.1 Å². The Morgan fingerprint density at radius 2 is 1.30 bits per heavy atom. The van der Waals surface area contributed by atoms with E-state index in [0.29, 0.717) is 64.2 Å². The highest BCUT2D eigenvalue weighted by Crippen LogP contribution is 2.10. The number of aldehydes is 1. The quantitative estimate of drug-likeness (QED) is 0.280. The summed E-state index contributed by atoms with van der Waals surface area (Å²) < 4.78 is 26.4. The van der Waals surface area contributed by atoms with Gasteiger partial charge in [0.1, 0.15) is 25.2 Å². The van der Waals surface area contributed by atoms with Gasteiger partial charge in [0.2, 0.25) is 0 Å². The van der Waals surface area contributed by atoms with E-state index in [9.17, 15) is 4.79 Å². The molecule has 0 aliphatic heterocycles. The highest BCUT2D eigenvalue weighted by molar-refractivity contribution is 5.74. The summed E-state index contributed by atoms with van der Waals surface area (Å²) in [5.74, 6) is 0.716. The number of benzene rings is 1. The van der Waals surface area contributed by atoms with Gasteiger partial charge in [-0.3, -0.25) is 4.79 Å². The number of hydrogen-bond acceptors (Lipinski definition) is 6. The topological polar surface area (TPSA) is 63.2 Å². The molecule has 1 aromatic rings. The molecule has 6 heteroatoms. The van der Waals surface area contributed by atoms with Crippen LogP contribution in [0, 0.1) is 0 Å². The summed E-state index contributed by atoms with van der Waals surface area (Å²) in [4.78, 5) is 10.5. The van der Waals surface area contributed by atoms with Crippen LogP contribution in [0.3, 0.4) is 0 Å². The first-order valence-corrected chi connectivity index (χ1v) is 7.50. The second-order valence-electron chi connectivity index (χ2n) is 4.41. The Morgan fingerprint density at radius 3 is 1.83 bits per heavy atom. The maximum absolute atomic E-state index is 10.5. The maximum atomic E-state index is 10.5. The van der Waals surface area contributed by atoms with Crippen molar-refractivity contribution in [1.29, 1.82) is 0 Å². The van der Waals surface area contributed by atoms with Gasteiger partial charge in [-0.25, -0.2) is 0 Å². The molecule has 0 N–H and O–H groups in total. The monoisotopic (exact) mass is 324 g/mol. The van der Waals surface area contributed by atoms with E-state index in [0.717, 1.165) is 6.29 Å². The van der Waals surface area contributed by atoms with Crippen LogP contribution >= 0.6 is 0 Å². The maximum Gasteiger partial charge on any atom is 0.150 e. The van der Waals surface area contributed by atoms with Gasteiger partial charge in [0.15, 0.2) is 0 Å². The van der Waals surface area contributed by atoms with Gasteiger partial charge in [0, 0.05) is 5.56 Å². The second kappa shape index (κ2) is 13.8. The van der Waals surface area contributed by atoms with E-state index in [4.69, 9.17) is 23.7 Å². The lowest BCUT2D eigenvalue weighted by Crippen LogP contribution is -2.13. The van der Waals surface area contributed by atoms with E-state index in [1.54, 1.807) is 24.3 Å². The zero-order valence-corrected chi connectivity index (χ0v) is 13.3. The van der Waals surface area contributed by atoms with Crippen molar-refractivity contribution in [3.8, 4) is 5.75 Å². The molecule has 0 amide bonds. The van der Waals surface area contributed by atoms with Crippen molar-refractivity contribution in [3.63, 3.8) is 0 Å². The Hall–Kier alpha value is -1.89. The standard InChI is InChI=1S/C17H24O6/c1-2-19-7-8-20-9-10-21-11-12-22-13-14-23-17-5-3-16(15-18)4-6-17/h2-6,15H,1,7-14H2. The number of carbonyl (C=O) groups is 1. The van der Waals surface area contributed by atoms with Crippen LogP contribution in [-0.2, 0) is 18.9 Å². The zero-order chi connectivity index (χ0) is 16.6. The summed E-state index contributed by atoms with van der Waals surface area (Å²) in [6.45, 7) is 7.47. The van der Waals surface area contributed by atoms with Gasteiger partial charge in [-0.05, 0) is 24.3 Å². The van der Waals surface area contributed by atoms with Crippen molar-refractivity contribution >= 4 is 6.29 Å². The summed E-state index contributed by atoms with van der Waals surface area (Å²) in [6.07, 6.45) is 2.19. The highest BCUT2D eigenvalue weighted by Gasteiger charge is 1.95. The zero-order valence-electron chi connectivity index (χ0n) is 13.3. The van der Waals surface area contributed by atoms with E-state index in [1.165, 1.54) is 6.26 Å². The molecule has 0 saturated carbocycles. The average Bonchev–Trinajstić information content (AvgIpc) is 2.59. The summed E-state index contributed by atoms with van der Waals surface area (Å²) in [6, 6.07) is 6.94. The summed E-state index contributed by atoms with van der Waals surface area (Å²) >= 11 is 0. The van der Waals surface area contributed by atoms with Crippen molar-refractivity contribution in [1.82, 2.24) is 0 Å². The normalized spacial score (nSPS) is 10.3. The molecule has 128 valence electrons. The molecule has 0 bridgehead atoms. The van der Waals surface area contributed by atoms with Crippen LogP contribution in [0.1, 0.15) is 10.4 Å². The lowest BCUT2D eigenvalue weighted by molar-refractivity contribution is 0.00265. The van der Waals surface area contributed by atoms with E-state index in [2.05, 4.69) is 6.58 Å². The van der Waals surface area contributed by atoms with Gasteiger partial charge in [0.05, 0.1) is 45.9 Å². The van der Waals surface area contributed by atoms with Crippen LogP contribution < -0.4 is 4.74 Å². The Labute approximate surface area is 136 Å². The first-order chi connectivity index (χ1) is 11.4. The van der Waals surface area contributed by atoms with E-state index < -0.39 is 0 Å². The molecule has 6 nitrogen and oxygen atoms in total. The van der Waals surface area contributed by atoms with Crippen LogP contribution in [0.2, 0.25) is 0 Å². The van der Waals surface area contributed by atoms with Crippen molar-refractivity contribution in [2.75, 3.05) is 52.9 Å². The van der Waals surface area contributed by atoms with Gasteiger partial charge >= 0.3 is 0 Å². The Bertz CT molecular complexity index is 418. The number of hydrogen-bond donors (Lipinski definition) is 0. The minimum Gasteiger partial charge on any atom is -0.499 e. The molecule has 0 aromatic heterocycles. The first-order valence-electron chi connectivity index (χ1n) is 7.50. The van der Waals surface area contributed by atoms with Crippen LogP contribution in [0.25, 0.3) is 0 Å². The number of ether oxygens (including phenoxy) is 5. The van der Waals surface area contributed by atoms with Crippen molar-refractivity contribution in [2.45, 2.75) is 0 Å². The van der Waals surface area contributed by atoms with Crippen molar-refractivity contribution in [2.24, 2.45) is 0 Å².